The van der Waals surface area contributed by atoms with Crippen molar-refractivity contribution in [1.29, 1.82) is 0 Å². The lowest BCUT2D eigenvalue weighted by atomic mass is 9.97. The van der Waals surface area contributed by atoms with E-state index < -0.39 is 86.8 Å². The van der Waals surface area contributed by atoms with Gasteiger partial charge in [0.1, 0.15) is 48.8 Å². The Morgan fingerprint density at radius 2 is 0.818 bits per heavy atom. The van der Waals surface area contributed by atoms with Crippen molar-refractivity contribution in [2.24, 2.45) is 0 Å². The summed E-state index contributed by atoms with van der Waals surface area (Å²) < 4.78 is 22.9. The third kappa shape index (κ3) is 34.7. The number of rotatable bonds is 53. The molecule has 456 valence electrons. The molecule has 12 atom stereocenters. The smallest absolute Gasteiger partial charge is 0.220 e. The van der Waals surface area contributed by atoms with E-state index in [9.17, 15) is 45.6 Å². The van der Waals surface area contributed by atoms with Gasteiger partial charge in [0.05, 0.1) is 32.0 Å². The maximum absolute atomic E-state index is 13.3. The van der Waals surface area contributed by atoms with Crippen LogP contribution in [0.2, 0.25) is 0 Å². The summed E-state index contributed by atoms with van der Waals surface area (Å²) in [6.45, 7) is 2.88. The van der Waals surface area contributed by atoms with Crippen molar-refractivity contribution < 1.29 is 64.6 Å². The van der Waals surface area contributed by atoms with Gasteiger partial charge >= 0.3 is 0 Å². The number of hydrogen-bond donors (Lipinski definition) is 9. The number of aliphatic hydroxyl groups excluding tert-OH is 8. The second kappa shape index (κ2) is 49.3. The van der Waals surface area contributed by atoms with Crippen LogP contribution in [0.5, 0.6) is 0 Å². The minimum atomic E-state index is -1.78. The van der Waals surface area contributed by atoms with Crippen molar-refractivity contribution in [3.05, 3.63) is 12.2 Å². The molecule has 0 saturated carbocycles. The van der Waals surface area contributed by atoms with Crippen LogP contribution in [-0.2, 0) is 23.7 Å². The van der Waals surface area contributed by atoms with Crippen LogP contribution in [0.3, 0.4) is 0 Å². The van der Waals surface area contributed by atoms with Gasteiger partial charge in [-0.15, -0.1) is 0 Å². The lowest BCUT2D eigenvalue weighted by molar-refractivity contribution is -0.359. The number of amides is 1. The first-order valence-electron chi connectivity index (χ1n) is 32.4. The van der Waals surface area contributed by atoms with Crippen LogP contribution in [0.15, 0.2) is 12.2 Å². The highest BCUT2D eigenvalue weighted by Crippen LogP contribution is 2.30. The standard InChI is InChI=1S/C63H121NO13/c1-3-5-7-9-11-13-15-17-19-20-21-22-23-24-25-26-27-28-29-30-31-32-33-34-36-38-40-42-44-46-52(67)51(64-55(68)47-45-43-41-39-37-35-18-16-14-12-10-8-6-4-2)50-74-62-60(73)58(71)61(54(49-66)76-62)77-63-59(72)57(70)56(69)53(48-65)75-63/h16,18,51-54,56-63,65-67,69-73H,3-15,17,19-50H2,1-2H3,(H,64,68)/b18-16-. The Morgan fingerprint density at radius 3 is 1.23 bits per heavy atom. The molecule has 14 nitrogen and oxygen atoms in total. The van der Waals surface area contributed by atoms with E-state index in [-0.39, 0.29) is 12.5 Å². The fourth-order valence-electron chi connectivity index (χ4n) is 11.0. The summed E-state index contributed by atoms with van der Waals surface area (Å²) in [6.07, 6.45) is 40.9. The maximum Gasteiger partial charge on any atom is 0.220 e. The summed E-state index contributed by atoms with van der Waals surface area (Å²) in [5, 5.41) is 87.3. The van der Waals surface area contributed by atoms with Crippen LogP contribution in [0.25, 0.3) is 0 Å². The molecule has 2 rings (SSSR count). The van der Waals surface area contributed by atoms with E-state index in [0.717, 1.165) is 64.2 Å². The Morgan fingerprint density at radius 1 is 0.455 bits per heavy atom. The highest BCUT2D eigenvalue weighted by Gasteiger charge is 2.51. The molecular formula is C63H121NO13. The molecule has 2 fully saturated rings. The summed E-state index contributed by atoms with van der Waals surface area (Å²) in [7, 11) is 0. The van der Waals surface area contributed by atoms with Crippen molar-refractivity contribution in [3.8, 4) is 0 Å². The second-order valence-electron chi connectivity index (χ2n) is 23.2. The monoisotopic (exact) mass is 1100 g/mol. The number of carbonyl (C=O) groups excluding carboxylic acids is 1. The maximum atomic E-state index is 13.3. The van der Waals surface area contributed by atoms with Gasteiger partial charge in [0, 0.05) is 6.42 Å². The zero-order valence-corrected chi connectivity index (χ0v) is 49.2. The molecule has 12 unspecified atom stereocenters. The van der Waals surface area contributed by atoms with Crippen molar-refractivity contribution in [2.75, 3.05) is 19.8 Å². The molecule has 2 saturated heterocycles. The fraction of sp³-hybridized carbons (Fsp3) is 0.952. The lowest BCUT2D eigenvalue weighted by Crippen LogP contribution is -2.65. The van der Waals surface area contributed by atoms with E-state index in [1.807, 2.05) is 0 Å². The molecule has 0 aliphatic carbocycles. The number of ether oxygens (including phenoxy) is 4. The van der Waals surface area contributed by atoms with E-state index in [1.54, 1.807) is 0 Å². The number of aliphatic hydroxyl groups is 8. The van der Waals surface area contributed by atoms with Crippen LogP contribution >= 0.6 is 0 Å². The molecule has 2 aliphatic heterocycles. The van der Waals surface area contributed by atoms with Gasteiger partial charge in [-0.2, -0.15) is 0 Å². The molecule has 77 heavy (non-hydrogen) atoms. The summed E-state index contributed by atoms with van der Waals surface area (Å²) in [5.74, 6) is -0.212. The van der Waals surface area contributed by atoms with E-state index in [1.165, 1.54) is 193 Å². The topological polar surface area (TPSA) is 228 Å². The number of carbonyl (C=O) groups is 1. The molecule has 9 N–H and O–H groups in total. The van der Waals surface area contributed by atoms with E-state index in [4.69, 9.17) is 18.9 Å². The third-order valence-electron chi connectivity index (χ3n) is 16.2. The summed E-state index contributed by atoms with van der Waals surface area (Å²) in [6, 6.07) is -0.830. The zero-order valence-electron chi connectivity index (χ0n) is 49.2. The predicted molar refractivity (Wildman–Crippen MR) is 309 cm³/mol. The number of nitrogens with one attached hydrogen (secondary N) is 1. The van der Waals surface area contributed by atoms with Gasteiger partial charge < -0.3 is 65.1 Å². The molecule has 14 heteroatoms. The fourth-order valence-corrected chi connectivity index (χ4v) is 11.0. The molecule has 2 heterocycles. The minimum Gasteiger partial charge on any atom is -0.394 e. The molecule has 0 spiro atoms. The van der Waals surface area contributed by atoms with Gasteiger partial charge in [-0.1, -0.05) is 257 Å². The van der Waals surface area contributed by atoms with Crippen LogP contribution in [0, 0.1) is 0 Å². The van der Waals surface area contributed by atoms with E-state index >= 15 is 0 Å². The van der Waals surface area contributed by atoms with Gasteiger partial charge in [-0.25, -0.2) is 0 Å². The molecular weight excluding hydrogens is 979 g/mol. The normalized spacial score (nSPS) is 24.7. The largest absolute Gasteiger partial charge is 0.394 e. The Labute approximate surface area is 469 Å². The molecule has 1 amide bonds. The van der Waals surface area contributed by atoms with Crippen LogP contribution in [0.1, 0.15) is 290 Å². The molecule has 0 bridgehead atoms. The Hall–Kier alpha value is -1.27. The van der Waals surface area contributed by atoms with E-state index in [0.29, 0.717) is 19.3 Å². The van der Waals surface area contributed by atoms with Gasteiger partial charge in [-0.05, 0) is 38.5 Å². The molecule has 0 aromatic heterocycles. The minimum absolute atomic E-state index is 0.212. The van der Waals surface area contributed by atoms with Crippen molar-refractivity contribution in [1.82, 2.24) is 5.32 Å². The summed E-state index contributed by atoms with van der Waals surface area (Å²) in [5.41, 5.74) is 0. The SMILES string of the molecule is CCCCCCC/C=C\CCCCCCCC(=O)NC(COC1OC(CO)C(OC2OC(CO)C(O)C(O)C2O)C(O)C1O)C(O)CCCCCCCCCCCCCCCCCCCCCCCCCCCCCCC. The average molecular weight is 1100 g/mol. The van der Waals surface area contributed by atoms with Crippen molar-refractivity contribution in [2.45, 2.75) is 364 Å². The Balaban J connectivity index is 1.66. The highest BCUT2D eigenvalue weighted by atomic mass is 16.7. The first-order valence-corrected chi connectivity index (χ1v) is 32.4. The number of allylic oxidation sites excluding steroid dienone is 2. The number of unbranched alkanes of at least 4 members (excludes halogenated alkanes) is 38. The molecule has 2 aliphatic rings. The summed E-state index contributed by atoms with van der Waals surface area (Å²) >= 11 is 0. The molecule has 0 aromatic carbocycles. The number of hydrogen-bond acceptors (Lipinski definition) is 13. The Bertz CT molecular complexity index is 1340. The van der Waals surface area contributed by atoms with Gasteiger partial charge in [0.2, 0.25) is 5.91 Å². The van der Waals surface area contributed by atoms with Crippen LogP contribution in [-0.4, -0.2) is 140 Å². The third-order valence-corrected chi connectivity index (χ3v) is 16.2. The summed E-state index contributed by atoms with van der Waals surface area (Å²) in [4.78, 5) is 13.3. The quantitative estimate of drug-likeness (QED) is 0.0204. The predicted octanol–water partition coefficient (Wildman–Crippen LogP) is 11.8. The molecule has 0 radical (unpaired) electrons. The zero-order chi connectivity index (χ0) is 56.0. The highest BCUT2D eigenvalue weighted by molar-refractivity contribution is 5.76. The van der Waals surface area contributed by atoms with Crippen molar-refractivity contribution >= 4 is 5.91 Å². The first-order chi connectivity index (χ1) is 37.6. The second-order valence-corrected chi connectivity index (χ2v) is 23.2. The van der Waals surface area contributed by atoms with Gasteiger partial charge in [0.25, 0.3) is 0 Å². The first kappa shape index (κ1) is 71.8. The van der Waals surface area contributed by atoms with Gasteiger partial charge in [-0.3, -0.25) is 4.79 Å². The van der Waals surface area contributed by atoms with E-state index in [2.05, 4.69) is 31.3 Å². The van der Waals surface area contributed by atoms with Crippen LogP contribution in [0.4, 0.5) is 0 Å². The lowest BCUT2D eigenvalue weighted by Gasteiger charge is -2.46. The van der Waals surface area contributed by atoms with Crippen molar-refractivity contribution in [3.63, 3.8) is 0 Å². The van der Waals surface area contributed by atoms with Gasteiger partial charge in [0.15, 0.2) is 12.6 Å². The van der Waals surface area contributed by atoms with Crippen LogP contribution < -0.4 is 5.32 Å². The molecule has 0 aromatic rings. The Kier molecular flexibility index (Phi) is 46.0. The average Bonchev–Trinajstić information content (AvgIpc) is 3.44.